The first kappa shape index (κ1) is 15.4. The van der Waals surface area contributed by atoms with Crippen molar-refractivity contribution >= 4 is 5.97 Å². The van der Waals surface area contributed by atoms with Gasteiger partial charge in [0.25, 0.3) is 0 Å². The molecule has 0 saturated heterocycles. The normalized spacial score (nSPS) is 10.6. The maximum Gasteiger partial charge on any atom is 0.354 e. The number of nitrogens with zero attached hydrogens (tertiary/aromatic N) is 1. The Morgan fingerprint density at radius 1 is 1.14 bits per heavy atom. The van der Waals surface area contributed by atoms with Crippen LogP contribution in [0.25, 0.3) is 0 Å². The van der Waals surface area contributed by atoms with E-state index in [2.05, 4.69) is 25.3 Å². The molecule has 0 aliphatic rings. The molecule has 112 valence electrons. The van der Waals surface area contributed by atoms with Crippen LogP contribution in [0.15, 0.2) is 42.6 Å². The number of carbonyl (C=O) groups excluding carboxylic acids is 1. The fraction of sp³-hybridized carbons (Fsp3) is 0.389. The van der Waals surface area contributed by atoms with Crippen molar-refractivity contribution in [2.75, 3.05) is 6.61 Å². The smallest absolute Gasteiger partial charge is 0.354 e. The molecule has 0 atom stereocenters. The first-order valence-corrected chi connectivity index (χ1v) is 7.64. The second kappa shape index (κ2) is 7.67. The summed E-state index contributed by atoms with van der Waals surface area (Å²) in [4.78, 5) is 12.1. The number of ether oxygens (including phenoxy) is 1. The minimum Gasteiger partial charge on any atom is -0.461 e. The molecule has 0 N–H and O–H groups in total. The molecule has 0 fully saturated rings. The Bertz CT molecular complexity index is 572. The SMILES string of the molecule is CCCCc1cc(C(=O)OCC)n(Cc2ccccc2)c1. The van der Waals surface area contributed by atoms with Gasteiger partial charge in [-0.3, -0.25) is 0 Å². The number of unbranched alkanes of at least 4 members (excludes halogenated alkanes) is 1. The molecule has 3 nitrogen and oxygen atoms in total. The maximum atomic E-state index is 12.1. The van der Waals surface area contributed by atoms with E-state index >= 15 is 0 Å². The van der Waals surface area contributed by atoms with Crippen molar-refractivity contribution in [3.63, 3.8) is 0 Å². The van der Waals surface area contributed by atoms with Crippen molar-refractivity contribution in [3.05, 3.63) is 59.4 Å². The Kier molecular flexibility index (Phi) is 5.61. The quantitative estimate of drug-likeness (QED) is 0.718. The fourth-order valence-corrected chi connectivity index (χ4v) is 2.38. The van der Waals surface area contributed by atoms with Gasteiger partial charge in [-0.15, -0.1) is 0 Å². The van der Waals surface area contributed by atoms with E-state index in [9.17, 15) is 4.79 Å². The number of aromatic nitrogens is 1. The molecule has 0 spiro atoms. The minimum absolute atomic E-state index is 0.240. The van der Waals surface area contributed by atoms with Crippen molar-refractivity contribution in [1.82, 2.24) is 4.57 Å². The number of hydrogen-bond acceptors (Lipinski definition) is 2. The number of rotatable bonds is 7. The molecule has 2 aromatic rings. The molecule has 0 saturated carbocycles. The Labute approximate surface area is 126 Å². The zero-order valence-electron chi connectivity index (χ0n) is 12.8. The van der Waals surface area contributed by atoms with Crippen LogP contribution in [0.3, 0.4) is 0 Å². The fourth-order valence-electron chi connectivity index (χ4n) is 2.38. The van der Waals surface area contributed by atoms with Gasteiger partial charge < -0.3 is 9.30 Å². The predicted octanol–water partition coefficient (Wildman–Crippen LogP) is 4.06. The van der Waals surface area contributed by atoms with Gasteiger partial charge in [0.2, 0.25) is 0 Å². The standard InChI is InChI=1S/C18H23NO2/c1-3-5-9-16-12-17(18(20)21-4-2)19(14-16)13-15-10-7-6-8-11-15/h6-8,10-12,14H,3-5,9,13H2,1-2H3. The summed E-state index contributed by atoms with van der Waals surface area (Å²) in [6, 6.07) is 12.1. The van der Waals surface area contributed by atoms with Crippen LogP contribution >= 0.6 is 0 Å². The van der Waals surface area contributed by atoms with Gasteiger partial charge in [0.15, 0.2) is 0 Å². The van der Waals surface area contributed by atoms with Gasteiger partial charge in [-0.2, -0.15) is 0 Å². The van der Waals surface area contributed by atoms with Gasteiger partial charge in [-0.1, -0.05) is 43.7 Å². The lowest BCUT2D eigenvalue weighted by atomic mass is 10.1. The monoisotopic (exact) mass is 285 g/mol. The van der Waals surface area contributed by atoms with Gasteiger partial charge in [0.05, 0.1) is 6.61 Å². The number of esters is 1. The molecule has 0 radical (unpaired) electrons. The second-order valence-electron chi connectivity index (χ2n) is 5.17. The molecular formula is C18H23NO2. The van der Waals surface area contributed by atoms with Gasteiger partial charge >= 0.3 is 5.97 Å². The first-order chi connectivity index (χ1) is 10.2. The lowest BCUT2D eigenvalue weighted by molar-refractivity contribution is 0.0514. The molecule has 1 heterocycles. The van der Waals surface area contributed by atoms with Crippen LogP contribution in [0.2, 0.25) is 0 Å². The molecule has 1 aromatic carbocycles. The summed E-state index contributed by atoms with van der Waals surface area (Å²) in [5, 5.41) is 0. The van der Waals surface area contributed by atoms with Crippen LogP contribution in [0.5, 0.6) is 0 Å². The van der Waals surface area contributed by atoms with E-state index in [1.54, 1.807) is 0 Å². The molecule has 0 aliphatic carbocycles. The van der Waals surface area contributed by atoms with E-state index in [0.29, 0.717) is 18.8 Å². The van der Waals surface area contributed by atoms with E-state index in [1.807, 2.05) is 35.8 Å². The Balaban J connectivity index is 2.23. The van der Waals surface area contributed by atoms with E-state index in [-0.39, 0.29) is 5.97 Å². The first-order valence-electron chi connectivity index (χ1n) is 7.64. The highest BCUT2D eigenvalue weighted by Gasteiger charge is 2.14. The Morgan fingerprint density at radius 2 is 1.90 bits per heavy atom. The molecule has 21 heavy (non-hydrogen) atoms. The highest BCUT2D eigenvalue weighted by atomic mass is 16.5. The van der Waals surface area contributed by atoms with Crippen LogP contribution in [-0.4, -0.2) is 17.1 Å². The van der Waals surface area contributed by atoms with Crippen molar-refractivity contribution in [2.24, 2.45) is 0 Å². The third kappa shape index (κ3) is 4.22. The predicted molar refractivity (Wildman–Crippen MR) is 84.5 cm³/mol. The lowest BCUT2D eigenvalue weighted by Crippen LogP contribution is -2.12. The van der Waals surface area contributed by atoms with E-state index in [4.69, 9.17) is 4.74 Å². The summed E-state index contributed by atoms with van der Waals surface area (Å²) in [5.41, 5.74) is 3.03. The number of benzene rings is 1. The summed E-state index contributed by atoms with van der Waals surface area (Å²) >= 11 is 0. The number of carbonyl (C=O) groups is 1. The van der Waals surface area contributed by atoms with E-state index < -0.39 is 0 Å². The van der Waals surface area contributed by atoms with Gasteiger partial charge in [0, 0.05) is 12.7 Å². The van der Waals surface area contributed by atoms with Crippen molar-refractivity contribution in [2.45, 2.75) is 39.7 Å². The van der Waals surface area contributed by atoms with Crippen LogP contribution < -0.4 is 0 Å². The minimum atomic E-state index is -0.240. The number of aryl methyl sites for hydroxylation is 1. The highest BCUT2D eigenvalue weighted by molar-refractivity contribution is 5.88. The summed E-state index contributed by atoms with van der Waals surface area (Å²) in [6.45, 7) is 5.11. The third-order valence-electron chi connectivity index (χ3n) is 3.45. The highest BCUT2D eigenvalue weighted by Crippen LogP contribution is 2.15. The summed E-state index contributed by atoms with van der Waals surface area (Å²) in [7, 11) is 0. The average molecular weight is 285 g/mol. The second-order valence-corrected chi connectivity index (χ2v) is 5.17. The summed E-state index contributed by atoms with van der Waals surface area (Å²) in [5.74, 6) is -0.240. The molecule has 0 amide bonds. The summed E-state index contributed by atoms with van der Waals surface area (Å²) in [6.07, 6.45) is 5.37. The van der Waals surface area contributed by atoms with Gasteiger partial charge in [-0.05, 0) is 37.0 Å². The van der Waals surface area contributed by atoms with Gasteiger partial charge in [-0.25, -0.2) is 4.79 Å². The zero-order chi connectivity index (χ0) is 15.1. The van der Waals surface area contributed by atoms with Crippen LogP contribution in [0.4, 0.5) is 0 Å². The van der Waals surface area contributed by atoms with Crippen LogP contribution in [0.1, 0.15) is 48.3 Å². The molecule has 0 aliphatic heterocycles. The summed E-state index contributed by atoms with van der Waals surface area (Å²) < 4.78 is 7.16. The molecule has 2 rings (SSSR count). The van der Waals surface area contributed by atoms with E-state index in [0.717, 1.165) is 19.3 Å². The van der Waals surface area contributed by atoms with Crippen molar-refractivity contribution in [1.29, 1.82) is 0 Å². The average Bonchev–Trinajstić information content (AvgIpc) is 2.89. The van der Waals surface area contributed by atoms with Crippen molar-refractivity contribution < 1.29 is 9.53 Å². The maximum absolute atomic E-state index is 12.1. The van der Waals surface area contributed by atoms with Crippen molar-refractivity contribution in [3.8, 4) is 0 Å². The lowest BCUT2D eigenvalue weighted by Gasteiger charge is -2.08. The van der Waals surface area contributed by atoms with Crippen LogP contribution in [-0.2, 0) is 17.7 Å². The topological polar surface area (TPSA) is 31.2 Å². The van der Waals surface area contributed by atoms with Crippen LogP contribution in [0, 0.1) is 0 Å². The largest absolute Gasteiger partial charge is 0.461 e. The van der Waals surface area contributed by atoms with Gasteiger partial charge in [0.1, 0.15) is 5.69 Å². The van der Waals surface area contributed by atoms with E-state index in [1.165, 1.54) is 11.1 Å². The molecule has 3 heteroatoms. The molecule has 0 unspecified atom stereocenters. The zero-order valence-corrected chi connectivity index (χ0v) is 12.8. The third-order valence-corrected chi connectivity index (χ3v) is 3.45. The number of hydrogen-bond donors (Lipinski definition) is 0. The Morgan fingerprint density at radius 3 is 2.57 bits per heavy atom. The molecule has 0 bridgehead atoms. The molecule has 1 aromatic heterocycles. The molecular weight excluding hydrogens is 262 g/mol. The Hall–Kier alpha value is -2.03.